The molecule has 6 nitrogen and oxygen atoms in total. The molecule has 2 amide bonds. The summed E-state index contributed by atoms with van der Waals surface area (Å²) in [4.78, 5) is 25.5. The van der Waals surface area contributed by atoms with Crippen molar-refractivity contribution in [2.24, 2.45) is 11.7 Å². The summed E-state index contributed by atoms with van der Waals surface area (Å²) in [6.07, 6.45) is 1.51. The summed E-state index contributed by atoms with van der Waals surface area (Å²) in [5.74, 6) is 0.353. The van der Waals surface area contributed by atoms with Crippen LogP contribution in [0.3, 0.4) is 0 Å². The molecule has 1 saturated heterocycles. The zero-order valence-electron chi connectivity index (χ0n) is 12.3. The normalized spacial score (nSPS) is 18.2. The molecule has 0 radical (unpaired) electrons. The van der Waals surface area contributed by atoms with Gasteiger partial charge in [0.05, 0.1) is 20.1 Å². The Labute approximate surface area is 123 Å². The van der Waals surface area contributed by atoms with Crippen molar-refractivity contribution in [2.75, 3.05) is 27.3 Å². The molecule has 1 unspecified atom stereocenters. The van der Waals surface area contributed by atoms with Crippen LogP contribution in [-0.2, 0) is 4.79 Å². The first-order valence-electron chi connectivity index (χ1n) is 6.86. The van der Waals surface area contributed by atoms with Crippen molar-refractivity contribution in [3.8, 4) is 11.5 Å². The lowest BCUT2D eigenvalue weighted by molar-refractivity contribution is -0.123. The number of carbonyl (C=O) groups is 2. The van der Waals surface area contributed by atoms with E-state index < -0.39 is 0 Å². The van der Waals surface area contributed by atoms with Gasteiger partial charge in [-0.05, 0) is 25.0 Å². The maximum atomic E-state index is 12.6. The van der Waals surface area contributed by atoms with Gasteiger partial charge >= 0.3 is 0 Å². The molecule has 2 N–H and O–H groups in total. The second-order valence-corrected chi connectivity index (χ2v) is 5.09. The van der Waals surface area contributed by atoms with E-state index in [0.29, 0.717) is 30.2 Å². The monoisotopic (exact) mass is 292 g/mol. The van der Waals surface area contributed by atoms with Crippen LogP contribution in [0.1, 0.15) is 23.2 Å². The highest BCUT2D eigenvalue weighted by Crippen LogP contribution is 2.25. The Morgan fingerprint density at radius 3 is 2.33 bits per heavy atom. The summed E-state index contributed by atoms with van der Waals surface area (Å²) in [5.41, 5.74) is 5.83. The van der Waals surface area contributed by atoms with Crippen molar-refractivity contribution >= 4 is 11.8 Å². The first-order chi connectivity index (χ1) is 10.0. The van der Waals surface area contributed by atoms with Gasteiger partial charge in [-0.15, -0.1) is 0 Å². The van der Waals surface area contributed by atoms with Crippen LogP contribution in [0.4, 0.5) is 0 Å². The number of rotatable bonds is 4. The quantitative estimate of drug-likeness (QED) is 0.899. The minimum atomic E-state index is -0.351. The van der Waals surface area contributed by atoms with Crippen molar-refractivity contribution in [1.82, 2.24) is 4.90 Å². The van der Waals surface area contributed by atoms with E-state index in [9.17, 15) is 9.59 Å². The smallest absolute Gasteiger partial charge is 0.254 e. The first-order valence-corrected chi connectivity index (χ1v) is 6.86. The summed E-state index contributed by atoms with van der Waals surface area (Å²) in [6.45, 7) is 0.996. The van der Waals surface area contributed by atoms with E-state index in [-0.39, 0.29) is 17.7 Å². The second-order valence-electron chi connectivity index (χ2n) is 5.09. The van der Waals surface area contributed by atoms with Gasteiger partial charge in [-0.2, -0.15) is 0 Å². The number of amides is 2. The number of nitrogens with zero attached hydrogens (tertiary/aromatic N) is 1. The third kappa shape index (κ3) is 3.45. The summed E-state index contributed by atoms with van der Waals surface area (Å²) < 4.78 is 10.3. The van der Waals surface area contributed by atoms with Crippen LogP contribution in [0.25, 0.3) is 0 Å². The molecular formula is C15H20N2O4. The van der Waals surface area contributed by atoms with Crippen LogP contribution >= 0.6 is 0 Å². The molecular weight excluding hydrogens is 272 g/mol. The molecule has 6 heteroatoms. The SMILES string of the molecule is COc1cc(OC)cc(C(=O)N2CCCC(C(N)=O)C2)c1. The molecule has 2 rings (SSSR count). The van der Waals surface area contributed by atoms with Crippen LogP contribution < -0.4 is 15.2 Å². The van der Waals surface area contributed by atoms with Crippen LogP contribution in [0.2, 0.25) is 0 Å². The lowest BCUT2D eigenvalue weighted by Crippen LogP contribution is -2.44. The fourth-order valence-electron chi connectivity index (χ4n) is 2.51. The third-order valence-corrected chi connectivity index (χ3v) is 3.71. The first kappa shape index (κ1) is 15.2. The summed E-state index contributed by atoms with van der Waals surface area (Å²) in [6, 6.07) is 5.04. The van der Waals surface area contributed by atoms with Crippen molar-refractivity contribution in [3.05, 3.63) is 23.8 Å². The highest BCUT2D eigenvalue weighted by atomic mass is 16.5. The Morgan fingerprint density at radius 1 is 1.19 bits per heavy atom. The number of benzene rings is 1. The highest BCUT2D eigenvalue weighted by Gasteiger charge is 2.27. The number of piperidine rings is 1. The average molecular weight is 292 g/mol. The van der Waals surface area contributed by atoms with Gasteiger partial charge in [0, 0.05) is 24.7 Å². The van der Waals surface area contributed by atoms with Crippen LogP contribution in [0.15, 0.2) is 18.2 Å². The van der Waals surface area contributed by atoms with Gasteiger partial charge in [-0.25, -0.2) is 0 Å². The van der Waals surface area contributed by atoms with Crippen LogP contribution in [0.5, 0.6) is 11.5 Å². The molecule has 1 heterocycles. The number of likely N-dealkylation sites (tertiary alicyclic amines) is 1. The molecule has 1 fully saturated rings. The topological polar surface area (TPSA) is 81.9 Å². The third-order valence-electron chi connectivity index (χ3n) is 3.71. The number of ether oxygens (including phenoxy) is 2. The van der Waals surface area contributed by atoms with Crippen molar-refractivity contribution < 1.29 is 19.1 Å². The van der Waals surface area contributed by atoms with Gasteiger partial charge < -0.3 is 20.1 Å². The average Bonchev–Trinajstić information content (AvgIpc) is 2.53. The number of nitrogens with two attached hydrogens (primary N) is 1. The molecule has 1 aromatic carbocycles. The number of methoxy groups -OCH3 is 2. The van der Waals surface area contributed by atoms with Gasteiger partial charge in [-0.1, -0.05) is 0 Å². The number of hydrogen-bond acceptors (Lipinski definition) is 4. The molecule has 0 saturated carbocycles. The van der Waals surface area contributed by atoms with Crippen LogP contribution in [0, 0.1) is 5.92 Å². The molecule has 21 heavy (non-hydrogen) atoms. The Bertz CT molecular complexity index is 522. The van der Waals surface area contributed by atoms with E-state index in [1.54, 1.807) is 23.1 Å². The molecule has 1 aliphatic heterocycles. The minimum absolute atomic E-state index is 0.141. The van der Waals surface area contributed by atoms with E-state index in [2.05, 4.69) is 0 Å². The van der Waals surface area contributed by atoms with Crippen molar-refractivity contribution in [2.45, 2.75) is 12.8 Å². The molecule has 0 aliphatic carbocycles. The van der Waals surface area contributed by atoms with Crippen LogP contribution in [-0.4, -0.2) is 44.0 Å². The van der Waals surface area contributed by atoms with Gasteiger partial charge in [0.25, 0.3) is 5.91 Å². The molecule has 1 aliphatic rings. The van der Waals surface area contributed by atoms with Gasteiger partial charge in [0.1, 0.15) is 11.5 Å². The summed E-state index contributed by atoms with van der Waals surface area (Å²) in [7, 11) is 3.07. The lowest BCUT2D eigenvalue weighted by atomic mass is 9.97. The predicted octanol–water partition coefficient (Wildman–Crippen LogP) is 1.04. The number of hydrogen-bond donors (Lipinski definition) is 1. The Kier molecular flexibility index (Phi) is 4.67. The minimum Gasteiger partial charge on any atom is -0.497 e. The maximum absolute atomic E-state index is 12.6. The molecule has 0 aromatic heterocycles. The fourth-order valence-corrected chi connectivity index (χ4v) is 2.51. The summed E-state index contributed by atoms with van der Waals surface area (Å²) in [5, 5.41) is 0. The maximum Gasteiger partial charge on any atom is 0.254 e. The van der Waals surface area contributed by atoms with Crippen molar-refractivity contribution in [3.63, 3.8) is 0 Å². The van der Waals surface area contributed by atoms with E-state index in [0.717, 1.165) is 12.8 Å². The predicted molar refractivity (Wildman–Crippen MR) is 77.4 cm³/mol. The molecule has 0 spiro atoms. The zero-order chi connectivity index (χ0) is 15.4. The molecule has 0 bridgehead atoms. The Balaban J connectivity index is 2.21. The lowest BCUT2D eigenvalue weighted by Gasteiger charge is -2.31. The van der Waals surface area contributed by atoms with Crippen molar-refractivity contribution in [1.29, 1.82) is 0 Å². The summed E-state index contributed by atoms with van der Waals surface area (Å²) >= 11 is 0. The Morgan fingerprint density at radius 2 is 1.81 bits per heavy atom. The second kappa shape index (κ2) is 6.47. The largest absolute Gasteiger partial charge is 0.497 e. The fraction of sp³-hybridized carbons (Fsp3) is 0.467. The number of primary amides is 1. The molecule has 114 valence electrons. The van der Waals surface area contributed by atoms with Gasteiger partial charge in [-0.3, -0.25) is 9.59 Å². The van der Waals surface area contributed by atoms with E-state index in [1.165, 1.54) is 14.2 Å². The Hall–Kier alpha value is -2.24. The standard InChI is InChI=1S/C15H20N2O4/c1-20-12-6-11(7-13(8-12)21-2)15(19)17-5-3-4-10(9-17)14(16)18/h6-8,10H,3-5,9H2,1-2H3,(H2,16,18). The van der Waals surface area contributed by atoms with E-state index in [1.807, 2.05) is 0 Å². The van der Waals surface area contributed by atoms with E-state index in [4.69, 9.17) is 15.2 Å². The molecule has 1 atom stereocenters. The van der Waals surface area contributed by atoms with E-state index >= 15 is 0 Å². The number of carbonyl (C=O) groups excluding carboxylic acids is 2. The van der Waals surface area contributed by atoms with Gasteiger partial charge in [0.2, 0.25) is 5.91 Å². The van der Waals surface area contributed by atoms with Gasteiger partial charge in [0.15, 0.2) is 0 Å². The molecule has 1 aromatic rings. The highest BCUT2D eigenvalue weighted by molar-refractivity contribution is 5.95. The zero-order valence-corrected chi connectivity index (χ0v) is 12.3.